The normalized spacial score (nSPS) is 11.6. The minimum absolute atomic E-state index is 0.000916. The summed E-state index contributed by atoms with van der Waals surface area (Å²) in [6.45, 7) is 0.0791. The van der Waals surface area contributed by atoms with Crippen LogP contribution in [-0.4, -0.2) is 33.9 Å². The van der Waals surface area contributed by atoms with Gasteiger partial charge in [0.25, 0.3) is 0 Å². The first-order chi connectivity index (χ1) is 9.29. The van der Waals surface area contributed by atoms with E-state index in [0.29, 0.717) is 5.75 Å². The predicted octanol–water partition coefficient (Wildman–Crippen LogP) is 2.26. The smallest absolute Gasteiger partial charge is 0.119 e. The minimum Gasteiger partial charge on any atom is -0.491 e. The van der Waals surface area contributed by atoms with Crippen molar-refractivity contribution in [2.45, 2.75) is 6.10 Å². The van der Waals surface area contributed by atoms with E-state index in [-0.39, 0.29) is 13.2 Å². The molecule has 98 valence electrons. The second-order valence-electron chi connectivity index (χ2n) is 3.69. The highest BCUT2D eigenvalue weighted by atomic mass is 32.1. The molecule has 8 heteroatoms. The third-order valence-electron chi connectivity index (χ3n) is 2.31. The van der Waals surface area contributed by atoms with Crippen LogP contribution in [0.5, 0.6) is 5.75 Å². The lowest BCUT2D eigenvalue weighted by Crippen LogP contribution is -2.20. The Morgan fingerprint density at radius 2 is 2.21 bits per heavy atom. The molecular formula is C11H11N5O2S. The van der Waals surface area contributed by atoms with E-state index in [9.17, 15) is 5.11 Å². The van der Waals surface area contributed by atoms with Crippen LogP contribution in [0.15, 0.2) is 34.8 Å². The van der Waals surface area contributed by atoms with E-state index in [0.717, 1.165) is 11.3 Å². The van der Waals surface area contributed by atoms with Gasteiger partial charge in [0.1, 0.15) is 18.1 Å². The number of benzene rings is 1. The Bertz CT molecular complexity index is 551. The molecule has 0 aliphatic heterocycles. The Hall–Kier alpha value is -2.15. The molecule has 1 N–H and O–H groups in total. The monoisotopic (exact) mass is 277 g/mol. The number of aromatic nitrogens is 2. The van der Waals surface area contributed by atoms with Crippen LogP contribution in [0.3, 0.4) is 0 Å². The van der Waals surface area contributed by atoms with Gasteiger partial charge in [0.15, 0.2) is 0 Å². The number of hydrogen-bond donors (Lipinski definition) is 1. The van der Waals surface area contributed by atoms with Gasteiger partial charge in [-0.25, -0.2) is 0 Å². The number of nitrogens with zero attached hydrogens (tertiary/aromatic N) is 5. The van der Waals surface area contributed by atoms with Gasteiger partial charge in [-0.15, -0.1) is 5.10 Å². The fourth-order valence-electron chi connectivity index (χ4n) is 1.39. The van der Waals surface area contributed by atoms with E-state index in [1.165, 1.54) is 11.5 Å². The molecule has 1 atom stereocenters. The molecule has 1 heterocycles. The summed E-state index contributed by atoms with van der Waals surface area (Å²) in [5.41, 5.74) is 9.89. The van der Waals surface area contributed by atoms with Gasteiger partial charge in [-0.05, 0) is 41.3 Å². The van der Waals surface area contributed by atoms with Crippen molar-refractivity contribution in [3.63, 3.8) is 0 Å². The highest BCUT2D eigenvalue weighted by Gasteiger charge is 2.05. The Labute approximate surface area is 113 Å². The highest BCUT2D eigenvalue weighted by Crippen LogP contribution is 2.21. The molecule has 7 nitrogen and oxygen atoms in total. The maximum absolute atomic E-state index is 9.44. The zero-order chi connectivity index (χ0) is 13.5. The maximum Gasteiger partial charge on any atom is 0.119 e. The van der Waals surface area contributed by atoms with Gasteiger partial charge in [-0.2, -0.15) is 0 Å². The van der Waals surface area contributed by atoms with E-state index < -0.39 is 6.10 Å². The molecule has 0 aliphatic rings. The molecule has 19 heavy (non-hydrogen) atoms. The Balaban J connectivity index is 1.90. The van der Waals surface area contributed by atoms with Crippen LogP contribution in [0.25, 0.3) is 21.7 Å². The first-order valence-corrected chi connectivity index (χ1v) is 6.32. The summed E-state index contributed by atoms with van der Waals surface area (Å²) in [7, 11) is 0. The lowest BCUT2D eigenvalue weighted by atomic mass is 10.2. The van der Waals surface area contributed by atoms with E-state index in [1.807, 2.05) is 17.5 Å². The van der Waals surface area contributed by atoms with Crippen molar-refractivity contribution < 1.29 is 9.84 Å². The Kier molecular flexibility index (Phi) is 4.68. The summed E-state index contributed by atoms with van der Waals surface area (Å²) >= 11 is 1.30. The SMILES string of the molecule is [N-]=[N+]=NC[C@@H](O)COc1ccc(-c2csnn2)cc1. The molecule has 1 aromatic carbocycles. The van der Waals surface area contributed by atoms with Crippen molar-refractivity contribution in [2.24, 2.45) is 5.11 Å². The van der Waals surface area contributed by atoms with Crippen molar-refractivity contribution >= 4 is 11.5 Å². The summed E-state index contributed by atoms with van der Waals surface area (Å²) in [5.74, 6) is 0.631. The summed E-state index contributed by atoms with van der Waals surface area (Å²) in [6.07, 6.45) is -0.807. The summed E-state index contributed by atoms with van der Waals surface area (Å²) in [6, 6.07) is 7.31. The standard InChI is InChI=1S/C11H11N5O2S/c12-15-13-5-9(17)6-18-10-3-1-8(2-4-10)11-7-19-16-14-11/h1-4,7,9,17H,5-6H2/t9-/m1/s1. The van der Waals surface area contributed by atoms with Crippen molar-refractivity contribution in [3.8, 4) is 17.0 Å². The Morgan fingerprint density at radius 3 is 2.84 bits per heavy atom. The average molecular weight is 277 g/mol. The number of hydrogen-bond acceptors (Lipinski definition) is 6. The predicted molar refractivity (Wildman–Crippen MR) is 70.9 cm³/mol. The zero-order valence-corrected chi connectivity index (χ0v) is 10.7. The minimum atomic E-state index is -0.807. The first kappa shape index (κ1) is 13.3. The third-order valence-corrected chi connectivity index (χ3v) is 2.81. The molecule has 1 aromatic heterocycles. The van der Waals surface area contributed by atoms with Crippen LogP contribution >= 0.6 is 11.5 Å². The van der Waals surface area contributed by atoms with Gasteiger partial charge in [0.05, 0.1) is 12.6 Å². The van der Waals surface area contributed by atoms with Gasteiger partial charge in [0.2, 0.25) is 0 Å². The summed E-state index contributed by atoms with van der Waals surface area (Å²) in [4.78, 5) is 2.57. The van der Waals surface area contributed by atoms with Crippen LogP contribution in [-0.2, 0) is 0 Å². The second kappa shape index (κ2) is 6.69. The number of aliphatic hydroxyl groups is 1. The highest BCUT2D eigenvalue weighted by molar-refractivity contribution is 7.03. The fourth-order valence-corrected chi connectivity index (χ4v) is 1.85. The van der Waals surface area contributed by atoms with E-state index in [1.54, 1.807) is 12.1 Å². The van der Waals surface area contributed by atoms with E-state index in [4.69, 9.17) is 10.3 Å². The molecule has 0 aliphatic carbocycles. The summed E-state index contributed by atoms with van der Waals surface area (Å²) < 4.78 is 9.17. The van der Waals surface area contributed by atoms with Gasteiger partial charge in [-0.1, -0.05) is 9.60 Å². The lowest BCUT2D eigenvalue weighted by molar-refractivity contribution is 0.114. The molecule has 0 saturated carbocycles. The van der Waals surface area contributed by atoms with Crippen LogP contribution in [0.2, 0.25) is 0 Å². The second-order valence-corrected chi connectivity index (χ2v) is 4.30. The molecular weight excluding hydrogens is 266 g/mol. The quantitative estimate of drug-likeness (QED) is 0.496. The van der Waals surface area contributed by atoms with Gasteiger partial charge in [0, 0.05) is 15.9 Å². The maximum atomic E-state index is 9.44. The molecule has 0 unspecified atom stereocenters. The molecule has 0 spiro atoms. The molecule has 0 saturated heterocycles. The number of rotatable bonds is 6. The van der Waals surface area contributed by atoms with Crippen molar-refractivity contribution in [1.82, 2.24) is 9.59 Å². The molecule has 0 fully saturated rings. The molecule has 2 aromatic rings. The van der Waals surface area contributed by atoms with Crippen LogP contribution in [0.4, 0.5) is 0 Å². The topological polar surface area (TPSA) is 104 Å². The molecule has 0 amide bonds. The van der Waals surface area contributed by atoms with Crippen molar-refractivity contribution in [2.75, 3.05) is 13.2 Å². The van der Waals surface area contributed by atoms with Gasteiger partial charge in [-0.3, -0.25) is 0 Å². The average Bonchev–Trinajstić information content (AvgIpc) is 2.97. The Morgan fingerprint density at radius 1 is 1.42 bits per heavy atom. The number of azide groups is 1. The van der Waals surface area contributed by atoms with Gasteiger partial charge < -0.3 is 9.84 Å². The van der Waals surface area contributed by atoms with E-state index >= 15 is 0 Å². The first-order valence-electron chi connectivity index (χ1n) is 5.49. The van der Waals surface area contributed by atoms with Crippen molar-refractivity contribution in [3.05, 3.63) is 40.1 Å². The zero-order valence-electron chi connectivity index (χ0n) is 9.88. The molecule has 2 rings (SSSR count). The van der Waals surface area contributed by atoms with Crippen molar-refractivity contribution in [1.29, 1.82) is 0 Å². The summed E-state index contributed by atoms with van der Waals surface area (Å²) in [5, 5.41) is 18.5. The van der Waals surface area contributed by atoms with Crippen LogP contribution < -0.4 is 4.74 Å². The van der Waals surface area contributed by atoms with Gasteiger partial charge >= 0.3 is 0 Å². The van der Waals surface area contributed by atoms with Crippen LogP contribution in [0.1, 0.15) is 0 Å². The molecule has 0 radical (unpaired) electrons. The lowest BCUT2D eigenvalue weighted by Gasteiger charge is -2.10. The molecule has 0 bridgehead atoms. The van der Waals surface area contributed by atoms with E-state index in [2.05, 4.69) is 19.6 Å². The fraction of sp³-hybridized carbons (Fsp3) is 0.273. The number of ether oxygens (including phenoxy) is 1. The largest absolute Gasteiger partial charge is 0.491 e. The third kappa shape index (κ3) is 3.92. The van der Waals surface area contributed by atoms with Crippen LogP contribution in [0, 0.1) is 0 Å². The number of aliphatic hydroxyl groups excluding tert-OH is 1.